The number of nitrogens with two attached hydrogens (primary N) is 1. The molecule has 5 heteroatoms. The lowest BCUT2D eigenvalue weighted by atomic mass is 10.1. The van der Waals surface area contributed by atoms with Crippen LogP contribution in [0.4, 0.5) is 11.4 Å². The van der Waals surface area contributed by atoms with Crippen LogP contribution in [0.2, 0.25) is 0 Å². The molecule has 92 valence electrons. The van der Waals surface area contributed by atoms with Gasteiger partial charge in [-0.05, 0) is 18.2 Å². The van der Waals surface area contributed by atoms with Gasteiger partial charge in [0.05, 0.1) is 24.5 Å². The Morgan fingerprint density at radius 3 is 2.71 bits per heavy atom. The number of carbonyl (C=O) groups is 1. The van der Waals surface area contributed by atoms with E-state index in [0.717, 1.165) is 5.69 Å². The fraction of sp³-hybridized carbons (Fsp3) is 0.417. The molecule has 0 unspecified atom stereocenters. The summed E-state index contributed by atoms with van der Waals surface area (Å²) in [7, 11) is 3.74. The van der Waals surface area contributed by atoms with E-state index in [1.54, 1.807) is 12.1 Å². The van der Waals surface area contributed by atoms with Crippen LogP contribution in [0, 0.1) is 0 Å². The van der Waals surface area contributed by atoms with E-state index in [1.165, 1.54) is 0 Å². The number of nitrogens with zero attached hydrogens (tertiary/aromatic N) is 1. The Morgan fingerprint density at radius 2 is 2.18 bits per heavy atom. The monoisotopic (exact) mass is 236 g/mol. The molecule has 2 rings (SSSR count). The number of benzene rings is 1. The second kappa shape index (κ2) is 4.63. The van der Waals surface area contributed by atoms with E-state index in [-0.39, 0.29) is 12.1 Å². The summed E-state index contributed by atoms with van der Waals surface area (Å²) in [5.41, 5.74) is 7.52. The molecule has 0 radical (unpaired) electrons. The van der Waals surface area contributed by atoms with Gasteiger partial charge in [-0.1, -0.05) is 0 Å². The highest BCUT2D eigenvalue weighted by atomic mass is 16.6. The molecule has 1 saturated heterocycles. The van der Waals surface area contributed by atoms with Crippen LogP contribution >= 0.6 is 0 Å². The third-order valence-electron chi connectivity index (χ3n) is 2.60. The van der Waals surface area contributed by atoms with Crippen molar-refractivity contribution in [1.29, 1.82) is 0 Å². The van der Waals surface area contributed by atoms with E-state index in [0.29, 0.717) is 24.5 Å². The largest absolute Gasteiger partial charge is 0.454 e. The highest BCUT2D eigenvalue weighted by molar-refractivity contribution is 5.97. The molecule has 0 amide bonds. The van der Waals surface area contributed by atoms with Gasteiger partial charge in [0.15, 0.2) is 0 Å². The lowest BCUT2D eigenvalue weighted by Crippen LogP contribution is -2.38. The molecule has 5 nitrogen and oxygen atoms in total. The molecule has 0 spiro atoms. The topological polar surface area (TPSA) is 64.8 Å². The minimum absolute atomic E-state index is 0.126. The van der Waals surface area contributed by atoms with Crippen LogP contribution in [0.15, 0.2) is 18.2 Å². The molecule has 0 aliphatic carbocycles. The van der Waals surface area contributed by atoms with Gasteiger partial charge in [-0.25, -0.2) is 4.79 Å². The summed E-state index contributed by atoms with van der Waals surface area (Å²) >= 11 is 0. The van der Waals surface area contributed by atoms with E-state index in [2.05, 4.69) is 0 Å². The Labute approximate surface area is 100 Å². The smallest absolute Gasteiger partial charge is 0.340 e. The maximum absolute atomic E-state index is 12.0. The van der Waals surface area contributed by atoms with Gasteiger partial charge in [-0.2, -0.15) is 0 Å². The molecular weight excluding hydrogens is 220 g/mol. The standard InChI is InChI=1S/C12H16N2O3/c1-14(2)11-4-3-8(13)5-10(11)12(15)17-9-6-16-7-9/h3-5,9H,6-7,13H2,1-2H3. The average molecular weight is 236 g/mol. The van der Waals surface area contributed by atoms with E-state index >= 15 is 0 Å². The Bertz CT molecular complexity index is 428. The zero-order chi connectivity index (χ0) is 12.4. The maximum atomic E-state index is 12.0. The van der Waals surface area contributed by atoms with Crippen LogP contribution < -0.4 is 10.6 Å². The van der Waals surface area contributed by atoms with E-state index < -0.39 is 0 Å². The summed E-state index contributed by atoms with van der Waals surface area (Å²) in [4.78, 5) is 13.8. The van der Waals surface area contributed by atoms with Crippen molar-refractivity contribution < 1.29 is 14.3 Å². The number of rotatable bonds is 3. The van der Waals surface area contributed by atoms with Crippen LogP contribution in [-0.2, 0) is 9.47 Å². The van der Waals surface area contributed by atoms with Crippen LogP contribution in [-0.4, -0.2) is 39.4 Å². The number of carbonyl (C=O) groups excluding carboxylic acids is 1. The highest BCUT2D eigenvalue weighted by Gasteiger charge is 2.25. The molecule has 1 aromatic rings. The first-order chi connectivity index (χ1) is 8.08. The number of ether oxygens (including phenoxy) is 2. The molecule has 1 aliphatic rings. The summed E-state index contributed by atoms with van der Waals surface area (Å²) in [6.07, 6.45) is -0.126. The van der Waals surface area contributed by atoms with Crippen molar-refractivity contribution >= 4 is 17.3 Å². The Hall–Kier alpha value is -1.75. The zero-order valence-corrected chi connectivity index (χ0v) is 9.97. The van der Waals surface area contributed by atoms with Gasteiger partial charge in [0.2, 0.25) is 0 Å². The van der Waals surface area contributed by atoms with Crippen LogP contribution in [0.5, 0.6) is 0 Å². The van der Waals surface area contributed by atoms with Crippen molar-refractivity contribution in [3.63, 3.8) is 0 Å². The van der Waals surface area contributed by atoms with E-state index in [1.807, 2.05) is 25.1 Å². The third-order valence-corrected chi connectivity index (χ3v) is 2.60. The van der Waals surface area contributed by atoms with Crippen molar-refractivity contribution in [3.8, 4) is 0 Å². The lowest BCUT2D eigenvalue weighted by molar-refractivity contribution is -0.103. The van der Waals surface area contributed by atoms with Crippen LogP contribution in [0.3, 0.4) is 0 Å². The SMILES string of the molecule is CN(C)c1ccc(N)cc1C(=O)OC1COC1. The minimum atomic E-state index is -0.352. The Kier molecular flexibility index (Phi) is 3.19. The van der Waals surface area contributed by atoms with Gasteiger partial charge in [-0.15, -0.1) is 0 Å². The molecule has 0 aromatic heterocycles. The van der Waals surface area contributed by atoms with Gasteiger partial charge in [0, 0.05) is 19.8 Å². The third kappa shape index (κ3) is 2.50. The fourth-order valence-corrected chi connectivity index (χ4v) is 1.60. The molecule has 0 atom stereocenters. The first-order valence-corrected chi connectivity index (χ1v) is 5.43. The van der Waals surface area contributed by atoms with Crippen LogP contribution in [0.25, 0.3) is 0 Å². The van der Waals surface area contributed by atoms with Gasteiger partial charge < -0.3 is 20.1 Å². The second-order valence-corrected chi connectivity index (χ2v) is 4.24. The molecule has 17 heavy (non-hydrogen) atoms. The minimum Gasteiger partial charge on any atom is -0.454 e. The summed E-state index contributed by atoms with van der Waals surface area (Å²) in [6, 6.07) is 5.21. The van der Waals surface area contributed by atoms with Crippen LogP contribution in [0.1, 0.15) is 10.4 Å². The van der Waals surface area contributed by atoms with Gasteiger partial charge in [-0.3, -0.25) is 0 Å². The molecule has 1 fully saturated rings. The Morgan fingerprint density at radius 1 is 1.47 bits per heavy atom. The van der Waals surface area contributed by atoms with Crippen molar-refractivity contribution in [3.05, 3.63) is 23.8 Å². The molecular formula is C12H16N2O3. The first kappa shape index (κ1) is 11.7. The maximum Gasteiger partial charge on any atom is 0.340 e. The molecule has 1 aliphatic heterocycles. The van der Waals surface area contributed by atoms with Gasteiger partial charge in [0.1, 0.15) is 6.10 Å². The van der Waals surface area contributed by atoms with E-state index in [4.69, 9.17) is 15.2 Å². The summed E-state index contributed by atoms with van der Waals surface area (Å²) in [6.45, 7) is 0.955. The number of anilines is 2. The molecule has 0 saturated carbocycles. The van der Waals surface area contributed by atoms with Crippen molar-refractivity contribution in [1.82, 2.24) is 0 Å². The predicted octanol–water partition coefficient (Wildman–Crippen LogP) is 0.890. The number of hydrogen-bond donors (Lipinski definition) is 1. The fourth-order valence-electron chi connectivity index (χ4n) is 1.60. The predicted molar refractivity (Wildman–Crippen MR) is 65.2 cm³/mol. The normalized spacial score (nSPS) is 15.2. The Balaban J connectivity index is 2.22. The highest BCUT2D eigenvalue weighted by Crippen LogP contribution is 2.23. The lowest BCUT2D eigenvalue weighted by Gasteiger charge is -2.26. The quantitative estimate of drug-likeness (QED) is 0.623. The molecule has 1 heterocycles. The summed E-state index contributed by atoms with van der Waals surface area (Å²) < 4.78 is 10.2. The van der Waals surface area contributed by atoms with Crippen molar-refractivity contribution in [2.45, 2.75) is 6.10 Å². The average Bonchev–Trinajstić information content (AvgIpc) is 2.22. The van der Waals surface area contributed by atoms with Gasteiger partial charge >= 0.3 is 5.97 Å². The van der Waals surface area contributed by atoms with Gasteiger partial charge in [0.25, 0.3) is 0 Å². The zero-order valence-electron chi connectivity index (χ0n) is 9.97. The summed E-state index contributed by atoms with van der Waals surface area (Å²) in [5.74, 6) is -0.352. The van der Waals surface area contributed by atoms with E-state index in [9.17, 15) is 4.79 Å². The second-order valence-electron chi connectivity index (χ2n) is 4.24. The first-order valence-electron chi connectivity index (χ1n) is 5.43. The van der Waals surface area contributed by atoms with Crippen molar-refractivity contribution in [2.75, 3.05) is 37.9 Å². The molecule has 2 N–H and O–H groups in total. The molecule has 1 aromatic carbocycles. The number of hydrogen-bond acceptors (Lipinski definition) is 5. The summed E-state index contributed by atoms with van der Waals surface area (Å²) in [5, 5.41) is 0. The molecule has 0 bridgehead atoms. The van der Waals surface area contributed by atoms with Crippen molar-refractivity contribution in [2.24, 2.45) is 0 Å². The number of esters is 1. The number of nitrogen functional groups attached to an aromatic ring is 1.